The Morgan fingerprint density at radius 1 is 1.06 bits per heavy atom. The lowest BCUT2D eigenvalue weighted by atomic mass is 9.69. The van der Waals surface area contributed by atoms with Gasteiger partial charge in [0.1, 0.15) is 5.60 Å². The van der Waals surface area contributed by atoms with Crippen molar-refractivity contribution in [3.05, 3.63) is 70.9 Å². The van der Waals surface area contributed by atoms with Gasteiger partial charge in [0.2, 0.25) is 0 Å². The summed E-state index contributed by atoms with van der Waals surface area (Å²) in [5.41, 5.74) is 0.687. The minimum absolute atomic E-state index is 0.0230. The van der Waals surface area contributed by atoms with Crippen molar-refractivity contribution in [2.45, 2.75) is 76.5 Å². The van der Waals surface area contributed by atoms with Crippen LogP contribution in [0.2, 0.25) is 0 Å². The molecule has 1 N–H and O–H groups in total. The van der Waals surface area contributed by atoms with Gasteiger partial charge in [0, 0.05) is 30.0 Å². The Bertz CT molecular complexity index is 1180. The van der Waals surface area contributed by atoms with Crippen LogP contribution in [0.5, 0.6) is 0 Å². The summed E-state index contributed by atoms with van der Waals surface area (Å²) in [6.07, 6.45) is 18.0. The minimum atomic E-state index is -0.554. The first-order valence-electron chi connectivity index (χ1n) is 12.1. The Balaban J connectivity index is 1.35. The van der Waals surface area contributed by atoms with Crippen LogP contribution in [0.1, 0.15) is 64.4 Å². The number of rotatable bonds is 4. The molecular formula is C27H32N4O3. The molecule has 2 fully saturated rings. The highest BCUT2D eigenvalue weighted by Gasteiger charge is 2.57. The molecule has 0 radical (unpaired) electrons. The highest BCUT2D eigenvalue weighted by molar-refractivity contribution is 5.72. The van der Waals surface area contributed by atoms with Crippen molar-refractivity contribution in [1.82, 2.24) is 19.9 Å². The van der Waals surface area contributed by atoms with E-state index in [0.717, 1.165) is 37.7 Å². The molecule has 7 heteroatoms. The van der Waals surface area contributed by atoms with Crippen molar-refractivity contribution < 1.29 is 9.53 Å². The van der Waals surface area contributed by atoms with Crippen LogP contribution < -0.4 is 5.56 Å². The Morgan fingerprint density at radius 2 is 1.79 bits per heavy atom. The zero-order valence-electron chi connectivity index (χ0n) is 20.0. The summed E-state index contributed by atoms with van der Waals surface area (Å²) in [6, 6.07) is 3.78. The van der Waals surface area contributed by atoms with E-state index in [9.17, 15) is 9.59 Å². The molecule has 1 saturated heterocycles. The second-order valence-electron chi connectivity index (χ2n) is 10.5. The molecule has 5 rings (SSSR count). The molecule has 2 aromatic rings. The molecule has 2 aromatic heterocycles. The molecule has 34 heavy (non-hydrogen) atoms. The largest absolute Gasteiger partial charge is 0.441 e. The smallest absolute Gasteiger partial charge is 0.411 e. The molecule has 3 heterocycles. The standard InChI is InChI=1S/C27H32N4O3/c1-26(2)24(27(3)12-5-4-6-13-27)31(25(33)34-26)20-10-8-18(9-11-20)19-16-21(23(32)30-17-19)22-28-14-7-15-29-22/h4-7,12,14-18,20,24H,8-11,13H2,1-3H3,(H,30,32). The van der Waals surface area contributed by atoms with Crippen LogP contribution in [0, 0.1) is 5.41 Å². The molecule has 2 aliphatic carbocycles. The number of nitrogens with one attached hydrogen (secondary N) is 1. The van der Waals surface area contributed by atoms with Crippen LogP contribution in [-0.4, -0.2) is 43.6 Å². The second kappa shape index (κ2) is 8.53. The van der Waals surface area contributed by atoms with Gasteiger partial charge in [-0.25, -0.2) is 14.8 Å². The Labute approximate surface area is 200 Å². The third-order valence-corrected chi connectivity index (χ3v) is 7.70. The first-order chi connectivity index (χ1) is 16.3. The van der Waals surface area contributed by atoms with E-state index in [1.165, 1.54) is 0 Å². The van der Waals surface area contributed by atoms with E-state index in [0.29, 0.717) is 17.3 Å². The lowest BCUT2D eigenvalue weighted by Crippen LogP contribution is -2.55. The number of aromatic nitrogens is 3. The molecule has 178 valence electrons. The second-order valence-corrected chi connectivity index (χ2v) is 10.5. The van der Waals surface area contributed by atoms with E-state index >= 15 is 0 Å². The van der Waals surface area contributed by atoms with E-state index in [2.05, 4.69) is 46.2 Å². The van der Waals surface area contributed by atoms with Crippen LogP contribution in [0.15, 0.2) is 59.8 Å². The fourth-order valence-electron chi connectivity index (χ4n) is 6.22. The first-order valence-corrected chi connectivity index (χ1v) is 12.1. The summed E-state index contributed by atoms with van der Waals surface area (Å²) >= 11 is 0. The molecule has 0 bridgehead atoms. The van der Waals surface area contributed by atoms with Gasteiger partial charge in [-0.15, -0.1) is 0 Å². The summed E-state index contributed by atoms with van der Waals surface area (Å²) in [7, 11) is 0. The predicted octanol–water partition coefficient (Wildman–Crippen LogP) is 4.98. The van der Waals surface area contributed by atoms with Gasteiger partial charge in [-0.1, -0.05) is 31.2 Å². The molecule has 0 spiro atoms. The number of allylic oxidation sites excluding steroid dienone is 3. The number of hydrogen-bond acceptors (Lipinski definition) is 5. The Kier molecular flexibility index (Phi) is 5.66. The van der Waals surface area contributed by atoms with Crippen molar-refractivity contribution in [3.63, 3.8) is 0 Å². The topological polar surface area (TPSA) is 88.2 Å². The lowest BCUT2D eigenvalue weighted by Gasteiger charge is -2.46. The van der Waals surface area contributed by atoms with Crippen LogP contribution in [0.3, 0.4) is 0 Å². The van der Waals surface area contributed by atoms with E-state index in [4.69, 9.17) is 4.74 Å². The molecule has 2 unspecified atom stereocenters. The summed E-state index contributed by atoms with van der Waals surface area (Å²) in [6.45, 7) is 6.30. The molecule has 2 atom stereocenters. The van der Waals surface area contributed by atoms with Crippen molar-refractivity contribution in [2.75, 3.05) is 0 Å². The molecule has 3 aliphatic rings. The maximum absolute atomic E-state index is 13.1. The third-order valence-electron chi connectivity index (χ3n) is 7.70. The van der Waals surface area contributed by atoms with E-state index < -0.39 is 5.60 Å². The highest BCUT2D eigenvalue weighted by Crippen LogP contribution is 2.48. The maximum atomic E-state index is 13.1. The van der Waals surface area contributed by atoms with Gasteiger partial charge < -0.3 is 9.72 Å². The van der Waals surface area contributed by atoms with Crippen LogP contribution >= 0.6 is 0 Å². The zero-order chi connectivity index (χ0) is 23.9. The summed E-state index contributed by atoms with van der Waals surface area (Å²) in [5, 5.41) is 0. The molecule has 1 aliphatic heterocycles. The van der Waals surface area contributed by atoms with E-state index in [1.807, 2.05) is 31.0 Å². The normalized spacial score (nSPS) is 30.4. The quantitative estimate of drug-likeness (QED) is 0.695. The van der Waals surface area contributed by atoms with Gasteiger partial charge in [-0.2, -0.15) is 0 Å². The zero-order valence-corrected chi connectivity index (χ0v) is 20.0. The van der Waals surface area contributed by atoms with Crippen LogP contribution in [-0.2, 0) is 4.74 Å². The van der Waals surface area contributed by atoms with E-state index in [-0.39, 0.29) is 29.2 Å². The van der Waals surface area contributed by atoms with Crippen molar-refractivity contribution in [1.29, 1.82) is 0 Å². The average Bonchev–Trinajstić information content (AvgIpc) is 3.09. The Morgan fingerprint density at radius 3 is 2.47 bits per heavy atom. The van der Waals surface area contributed by atoms with Crippen molar-refractivity contribution in [2.24, 2.45) is 5.41 Å². The van der Waals surface area contributed by atoms with Gasteiger partial charge in [0.15, 0.2) is 5.82 Å². The fourth-order valence-corrected chi connectivity index (χ4v) is 6.22. The number of carbonyl (C=O) groups is 1. The van der Waals surface area contributed by atoms with Gasteiger partial charge in [-0.05, 0) is 69.6 Å². The molecular weight excluding hydrogens is 428 g/mol. The fraction of sp³-hybridized carbons (Fsp3) is 0.481. The van der Waals surface area contributed by atoms with Gasteiger partial charge in [-0.3, -0.25) is 9.69 Å². The number of pyridine rings is 1. The van der Waals surface area contributed by atoms with Gasteiger partial charge in [0.25, 0.3) is 5.56 Å². The van der Waals surface area contributed by atoms with Gasteiger partial charge in [0.05, 0.1) is 11.6 Å². The first kappa shape index (κ1) is 22.6. The predicted molar refractivity (Wildman–Crippen MR) is 130 cm³/mol. The number of hydrogen-bond donors (Lipinski definition) is 1. The van der Waals surface area contributed by atoms with Gasteiger partial charge >= 0.3 is 6.09 Å². The number of carbonyl (C=O) groups excluding carboxylic acids is 1. The summed E-state index contributed by atoms with van der Waals surface area (Å²) in [5.74, 6) is 0.751. The summed E-state index contributed by atoms with van der Waals surface area (Å²) < 4.78 is 5.91. The number of nitrogens with zero attached hydrogens (tertiary/aromatic N) is 3. The number of cyclic esters (lactones) is 1. The molecule has 1 amide bonds. The molecule has 1 saturated carbocycles. The van der Waals surface area contributed by atoms with Crippen LogP contribution in [0.4, 0.5) is 4.79 Å². The number of ether oxygens (including phenoxy) is 1. The van der Waals surface area contributed by atoms with Crippen molar-refractivity contribution in [3.8, 4) is 11.4 Å². The Hall–Kier alpha value is -3.22. The number of H-pyrrole nitrogens is 1. The van der Waals surface area contributed by atoms with E-state index in [1.54, 1.807) is 18.5 Å². The third kappa shape index (κ3) is 3.97. The summed E-state index contributed by atoms with van der Waals surface area (Å²) in [4.78, 5) is 38.9. The minimum Gasteiger partial charge on any atom is -0.441 e. The average molecular weight is 461 g/mol. The van der Waals surface area contributed by atoms with Crippen molar-refractivity contribution >= 4 is 6.09 Å². The SMILES string of the molecule is CC1(C2N(C3CCC(c4c[nH]c(=O)c(-c5ncccn5)c4)CC3)C(=O)OC2(C)C)C=CC=CC1. The highest BCUT2D eigenvalue weighted by atomic mass is 16.6. The number of aromatic amines is 1. The molecule has 0 aromatic carbocycles. The lowest BCUT2D eigenvalue weighted by molar-refractivity contribution is 0.0255. The molecule has 7 nitrogen and oxygen atoms in total. The monoisotopic (exact) mass is 460 g/mol. The number of amides is 1. The van der Waals surface area contributed by atoms with Crippen LogP contribution in [0.25, 0.3) is 11.4 Å². The maximum Gasteiger partial charge on any atom is 0.411 e.